The average Bonchev–Trinajstić information content (AvgIpc) is 3.06. The molecule has 27 heavy (non-hydrogen) atoms. The van der Waals surface area contributed by atoms with Crippen molar-refractivity contribution in [1.82, 2.24) is 0 Å². The molecule has 1 N–H and O–H groups in total. The number of rotatable bonds is 1. The van der Waals surface area contributed by atoms with Crippen molar-refractivity contribution in [2.75, 3.05) is 16.5 Å². The number of nitrogens with zero attached hydrogens (tertiary/aromatic N) is 3. The molecule has 3 aliphatic heterocycles. The van der Waals surface area contributed by atoms with Crippen LogP contribution in [-0.4, -0.2) is 18.1 Å². The van der Waals surface area contributed by atoms with E-state index in [2.05, 4.69) is 17.0 Å². The van der Waals surface area contributed by atoms with E-state index in [-0.39, 0.29) is 0 Å². The number of benzene rings is 2. The molecular weight excluding hydrogens is 423 g/mol. The van der Waals surface area contributed by atoms with Crippen molar-refractivity contribution in [3.8, 4) is 0 Å². The van der Waals surface area contributed by atoms with Crippen LogP contribution in [0.4, 0.5) is 11.4 Å². The number of para-hydroxylation sites is 1. The maximum atomic E-state index is 8.83. The summed E-state index contributed by atoms with van der Waals surface area (Å²) < 4.78 is 0. The van der Waals surface area contributed by atoms with Gasteiger partial charge in [0.05, 0.1) is 32.0 Å². The van der Waals surface area contributed by atoms with E-state index in [1.54, 1.807) is 23.9 Å². The Labute approximate surface area is 175 Å². The van der Waals surface area contributed by atoms with Crippen molar-refractivity contribution in [1.29, 1.82) is 5.41 Å². The van der Waals surface area contributed by atoms with Gasteiger partial charge in [-0.1, -0.05) is 58.7 Å². The highest BCUT2D eigenvalue weighted by Gasteiger charge is 2.39. The molecule has 136 valence electrons. The van der Waals surface area contributed by atoms with Crippen LogP contribution in [0, 0.1) is 5.41 Å². The standard InChI is InChI=1S/C19H13Cl3N4S/c20-10-8-11(21)17(12(22)9-10)26-18(23)16-13(24-26)4-3-7-25-14-5-1-2-6-15(14)27-19(16)25/h1-2,5-6,8-9,23H,3-4,7H2. The molecule has 0 atom stereocenters. The molecule has 0 aromatic heterocycles. The second kappa shape index (κ2) is 6.45. The number of nitrogens with one attached hydrogen (secondary N) is 1. The van der Waals surface area contributed by atoms with Crippen molar-refractivity contribution < 1.29 is 0 Å². The van der Waals surface area contributed by atoms with Crippen LogP contribution < -0.4 is 9.91 Å². The summed E-state index contributed by atoms with van der Waals surface area (Å²) in [4.78, 5) is 3.50. The topological polar surface area (TPSA) is 42.7 Å². The van der Waals surface area contributed by atoms with Crippen LogP contribution in [0.15, 0.2) is 57.0 Å². The minimum Gasteiger partial charge on any atom is -0.334 e. The molecule has 4 nitrogen and oxygen atoms in total. The first-order chi connectivity index (χ1) is 13.0. The summed E-state index contributed by atoms with van der Waals surface area (Å²) in [5.41, 5.74) is 3.45. The molecule has 8 heteroatoms. The highest BCUT2D eigenvalue weighted by Crippen LogP contribution is 2.50. The second-order valence-electron chi connectivity index (χ2n) is 6.43. The maximum Gasteiger partial charge on any atom is 0.158 e. The minimum absolute atomic E-state index is 0.290. The van der Waals surface area contributed by atoms with Gasteiger partial charge in [0, 0.05) is 16.5 Å². The van der Waals surface area contributed by atoms with Crippen LogP contribution in [0.25, 0.3) is 0 Å². The molecule has 5 rings (SSSR count). The van der Waals surface area contributed by atoms with Crippen LogP contribution >= 0.6 is 46.6 Å². The fraction of sp³-hybridized carbons (Fsp3) is 0.158. The first-order valence-electron chi connectivity index (χ1n) is 8.45. The van der Waals surface area contributed by atoms with Crippen LogP contribution in [0.5, 0.6) is 0 Å². The Morgan fingerprint density at radius 1 is 1.07 bits per heavy atom. The quantitative estimate of drug-likeness (QED) is 0.562. The summed E-state index contributed by atoms with van der Waals surface area (Å²) in [6, 6.07) is 11.6. The fourth-order valence-corrected chi connectivity index (χ4v) is 5.84. The number of amidine groups is 1. The molecule has 2 aromatic rings. The zero-order chi connectivity index (χ0) is 18.7. The highest BCUT2D eigenvalue weighted by atomic mass is 35.5. The lowest BCUT2D eigenvalue weighted by molar-refractivity contribution is 0.844. The van der Waals surface area contributed by atoms with E-state index >= 15 is 0 Å². The van der Waals surface area contributed by atoms with E-state index in [4.69, 9.17) is 45.3 Å². The van der Waals surface area contributed by atoms with Gasteiger partial charge in [-0.05, 0) is 37.1 Å². The summed E-state index contributed by atoms with van der Waals surface area (Å²) in [7, 11) is 0. The Kier molecular flexibility index (Phi) is 4.17. The molecule has 3 aliphatic rings. The summed E-state index contributed by atoms with van der Waals surface area (Å²) in [6.07, 6.45) is 1.77. The van der Waals surface area contributed by atoms with E-state index in [1.165, 1.54) is 15.6 Å². The fourth-order valence-electron chi connectivity index (χ4n) is 3.61. The minimum atomic E-state index is 0.290. The van der Waals surface area contributed by atoms with Crippen molar-refractivity contribution in [3.63, 3.8) is 0 Å². The molecule has 2 aromatic carbocycles. The third-order valence-electron chi connectivity index (χ3n) is 4.77. The molecule has 0 aliphatic carbocycles. The van der Waals surface area contributed by atoms with Gasteiger partial charge in [-0.15, -0.1) is 0 Å². The number of anilines is 2. The number of thioether (sulfide) groups is 1. The lowest BCUT2D eigenvalue weighted by Gasteiger charge is -2.21. The highest BCUT2D eigenvalue weighted by molar-refractivity contribution is 8.03. The van der Waals surface area contributed by atoms with Crippen LogP contribution in [-0.2, 0) is 0 Å². The van der Waals surface area contributed by atoms with Gasteiger partial charge < -0.3 is 4.90 Å². The maximum absolute atomic E-state index is 8.83. The van der Waals surface area contributed by atoms with E-state index in [0.29, 0.717) is 26.6 Å². The van der Waals surface area contributed by atoms with Crippen molar-refractivity contribution >= 4 is 69.5 Å². The lowest BCUT2D eigenvalue weighted by Crippen LogP contribution is -2.25. The molecule has 3 heterocycles. The Balaban J connectivity index is 1.64. The van der Waals surface area contributed by atoms with Gasteiger partial charge in [-0.25, -0.2) is 5.01 Å². The zero-order valence-corrected chi connectivity index (χ0v) is 17.1. The number of hydrogen-bond acceptors (Lipinski definition) is 4. The third-order valence-corrected chi connectivity index (χ3v) is 6.75. The first kappa shape index (κ1) is 17.4. The molecule has 0 fully saturated rings. The molecule has 0 saturated heterocycles. The molecular formula is C19H13Cl3N4S. The van der Waals surface area contributed by atoms with Crippen LogP contribution in [0.3, 0.4) is 0 Å². The Hall–Kier alpha value is -1.66. The van der Waals surface area contributed by atoms with Gasteiger partial charge >= 0.3 is 0 Å². The Morgan fingerprint density at radius 2 is 1.81 bits per heavy atom. The van der Waals surface area contributed by atoms with Gasteiger partial charge in [0.25, 0.3) is 0 Å². The van der Waals surface area contributed by atoms with Gasteiger partial charge in [0.2, 0.25) is 0 Å². The third kappa shape index (κ3) is 2.68. The Bertz CT molecular complexity index is 1040. The molecule has 0 saturated carbocycles. The zero-order valence-electron chi connectivity index (χ0n) is 14.0. The summed E-state index contributed by atoms with van der Waals surface area (Å²) in [5, 5.41) is 17.3. The molecule has 0 unspecified atom stereocenters. The smallest absolute Gasteiger partial charge is 0.158 e. The van der Waals surface area contributed by atoms with Crippen molar-refractivity contribution in [2.24, 2.45) is 5.10 Å². The summed E-state index contributed by atoms with van der Waals surface area (Å²) in [5.74, 6) is 0.290. The van der Waals surface area contributed by atoms with E-state index in [0.717, 1.165) is 35.7 Å². The molecule has 0 amide bonds. The lowest BCUT2D eigenvalue weighted by atomic mass is 10.1. The van der Waals surface area contributed by atoms with Crippen LogP contribution in [0.1, 0.15) is 12.8 Å². The average molecular weight is 436 g/mol. The predicted molar refractivity (Wildman–Crippen MR) is 115 cm³/mol. The number of fused-ring (bicyclic) bond motifs is 4. The number of hydrogen-bond donors (Lipinski definition) is 1. The summed E-state index contributed by atoms with van der Waals surface area (Å²) >= 11 is 20.5. The van der Waals surface area contributed by atoms with Crippen molar-refractivity contribution in [3.05, 3.63) is 62.1 Å². The van der Waals surface area contributed by atoms with Gasteiger partial charge in [0.1, 0.15) is 5.69 Å². The number of halogens is 3. The normalized spacial score (nSPS) is 18.3. The monoisotopic (exact) mass is 434 g/mol. The molecule has 0 spiro atoms. The number of hydrazone groups is 1. The summed E-state index contributed by atoms with van der Waals surface area (Å²) in [6.45, 7) is 0.914. The molecule has 0 bridgehead atoms. The Morgan fingerprint density at radius 3 is 2.59 bits per heavy atom. The van der Waals surface area contributed by atoms with Gasteiger partial charge in [-0.2, -0.15) is 5.10 Å². The van der Waals surface area contributed by atoms with E-state index < -0.39 is 0 Å². The SMILES string of the molecule is N=C1C2=C3Sc4ccccc4N3CCCC2=NN1c1c(Cl)cc(Cl)cc1Cl. The molecule has 0 radical (unpaired) electrons. The largest absolute Gasteiger partial charge is 0.334 e. The van der Waals surface area contributed by atoms with E-state index in [9.17, 15) is 0 Å². The van der Waals surface area contributed by atoms with Crippen LogP contribution in [0.2, 0.25) is 15.1 Å². The first-order valence-corrected chi connectivity index (χ1v) is 10.4. The predicted octanol–water partition coefficient (Wildman–Crippen LogP) is 6.42. The second-order valence-corrected chi connectivity index (χ2v) is 8.71. The van der Waals surface area contributed by atoms with Crippen molar-refractivity contribution in [2.45, 2.75) is 17.7 Å². The van der Waals surface area contributed by atoms with Gasteiger partial charge in [0.15, 0.2) is 5.84 Å². The van der Waals surface area contributed by atoms with E-state index in [1.807, 2.05) is 12.1 Å². The van der Waals surface area contributed by atoms with Gasteiger partial charge in [-0.3, -0.25) is 5.41 Å².